The van der Waals surface area contributed by atoms with Gasteiger partial charge in [-0.3, -0.25) is 14.3 Å². The first-order valence-electron chi connectivity index (χ1n) is 15.6. The van der Waals surface area contributed by atoms with Crippen molar-refractivity contribution in [1.82, 2.24) is 19.7 Å². The van der Waals surface area contributed by atoms with Gasteiger partial charge in [0.05, 0.1) is 17.1 Å². The van der Waals surface area contributed by atoms with Crippen LogP contribution in [-0.4, -0.2) is 38.2 Å². The van der Waals surface area contributed by atoms with Gasteiger partial charge in [-0.1, -0.05) is 89.2 Å². The van der Waals surface area contributed by atoms with Gasteiger partial charge in [0.25, 0.3) is 5.91 Å². The number of hydrogen-bond acceptors (Lipinski definition) is 5. The second-order valence-electron chi connectivity index (χ2n) is 11.5. The molecule has 0 bridgehead atoms. The lowest BCUT2D eigenvalue weighted by Crippen LogP contribution is -2.47. The van der Waals surface area contributed by atoms with Crippen LogP contribution in [0.4, 0.5) is 35.0 Å². The van der Waals surface area contributed by atoms with Crippen LogP contribution in [0.5, 0.6) is 0 Å². The molecule has 1 atom stereocenters. The maximum absolute atomic E-state index is 14.2. The summed E-state index contributed by atoms with van der Waals surface area (Å²) >= 11 is 6.10. The third-order valence-electron chi connectivity index (χ3n) is 8.01. The van der Waals surface area contributed by atoms with Crippen molar-refractivity contribution < 1.29 is 22.4 Å². The maximum Gasteiger partial charge on any atom is 0.416 e. The Balaban J connectivity index is 1.46. The minimum absolute atomic E-state index is 0.0510. The Bertz CT molecular complexity index is 1380. The summed E-state index contributed by atoms with van der Waals surface area (Å²) in [5.74, 6) is -0.814. The van der Waals surface area contributed by atoms with Gasteiger partial charge in [0.15, 0.2) is 0 Å². The Kier molecular flexibility index (Phi) is 12.0. The monoisotopic (exact) mass is 636 g/mol. The molecule has 0 saturated carbocycles. The number of halogens is 5. The van der Waals surface area contributed by atoms with Gasteiger partial charge in [0.2, 0.25) is 5.95 Å². The van der Waals surface area contributed by atoms with Gasteiger partial charge in [-0.05, 0) is 43.7 Å². The third kappa shape index (κ3) is 8.70. The molecule has 7 nitrogen and oxygen atoms in total. The SMILES string of the molecule is CCCCCCCCCCCCCCN(C(=O)C1Cn2cnnc2N1c1cc(C(F)(F)F)cc(C)n1)c1ccc(F)c(Cl)c1. The van der Waals surface area contributed by atoms with Crippen LogP contribution < -0.4 is 9.80 Å². The van der Waals surface area contributed by atoms with E-state index in [2.05, 4.69) is 22.1 Å². The van der Waals surface area contributed by atoms with Crippen LogP contribution in [0.15, 0.2) is 36.7 Å². The molecule has 0 saturated heterocycles. The highest BCUT2D eigenvalue weighted by molar-refractivity contribution is 6.31. The minimum Gasteiger partial charge on any atom is -0.311 e. The van der Waals surface area contributed by atoms with Crippen molar-refractivity contribution in [2.75, 3.05) is 16.3 Å². The van der Waals surface area contributed by atoms with Crippen molar-refractivity contribution in [2.24, 2.45) is 0 Å². The highest BCUT2D eigenvalue weighted by atomic mass is 35.5. The van der Waals surface area contributed by atoms with E-state index in [0.29, 0.717) is 18.7 Å². The summed E-state index contributed by atoms with van der Waals surface area (Å²) in [5.41, 5.74) is -0.305. The highest BCUT2D eigenvalue weighted by Gasteiger charge is 2.42. The van der Waals surface area contributed by atoms with Crippen molar-refractivity contribution in [1.29, 1.82) is 0 Å². The van der Waals surface area contributed by atoms with Crippen LogP contribution in [0.3, 0.4) is 0 Å². The molecule has 1 unspecified atom stereocenters. The van der Waals surface area contributed by atoms with Crippen LogP contribution in [0.25, 0.3) is 0 Å². The van der Waals surface area contributed by atoms with E-state index in [0.717, 1.165) is 31.4 Å². The van der Waals surface area contributed by atoms with Crippen molar-refractivity contribution in [2.45, 2.75) is 110 Å². The number of amides is 1. The summed E-state index contributed by atoms with van der Waals surface area (Å²) in [6.45, 7) is 4.15. The van der Waals surface area contributed by atoms with Crippen molar-refractivity contribution >= 4 is 35.0 Å². The van der Waals surface area contributed by atoms with E-state index in [1.54, 1.807) is 9.47 Å². The van der Waals surface area contributed by atoms with Crippen molar-refractivity contribution in [3.63, 3.8) is 0 Å². The van der Waals surface area contributed by atoms with Gasteiger partial charge < -0.3 is 4.90 Å². The molecule has 4 rings (SSSR count). The Morgan fingerprint density at radius 1 is 0.977 bits per heavy atom. The molecule has 2 aromatic heterocycles. The number of alkyl halides is 3. The molecule has 1 aliphatic heterocycles. The standard InChI is InChI=1S/C32H41ClF4N6O/c1-3-4-5-6-7-8-9-10-11-12-13-14-17-42(25-15-16-27(34)26(33)20-25)30(44)28-21-41-22-38-40-31(41)43(28)29-19-24(32(35,36)37)18-23(2)39-29/h15-16,18-20,22,28H,3-14,17,21H2,1-2H3. The number of aromatic nitrogens is 4. The fourth-order valence-electron chi connectivity index (χ4n) is 5.67. The van der Waals surface area contributed by atoms with E-state index in [1.165, 1.54) is 87.7 Å². The summed E-state index contributed by atoms with van der Waals surface area (Å²) in [4.78, 5) is 21.5. The summed E-state index contributed by atoms with van der Waals surface area (Å²) in [5, 5.41) is 7.84. The molecule has 240 valence electrons. The zero-order chi connectivity index (χ0) is 31.7. The van der Waals surface area contributed by atoms with Crippen LogP contribution in [0.2, 0.25) is 5.02 Å². The van der Waals surface area contributed by atoms with E-state index in [4.69, 9.17) is 11.6 Å². The molecule has 3 heterocycles. The number of anilines is 3. The zero-order valence-electron chi connectivity index (χ0n) is 25.4. The fraction of sp³-hybridized carbons (Fsp3) is 0.562. The molecule has 1 amide bonds. The van der Waals surface area contributed by atoms with Gasteiger partial charge >= 0.3 is 6.18 Å². The number of carbonyl (C=O) groups is 1. The number of nitrogens with zero attached hydrogens (tertiary/aromatic N) is 6. The number of hydrogen-bond donors (Lipinski definition) is 0. The van der Waals surface area contributed by atoms with Gasteiger partial charge in [0.1, 0.15) is 24.0 Å². The lowest BCUT2D eigenvalue weighted by Gasteiger charge is -2.30. The zero-order valence-corrected chi connectivity index (χ0v) is 26.2. The third-order valence-corrected chi connectivity index (χ3v) is 8.30. The molecule has 12 heteroatoms. The maximum atomic E-state index is 14.2. The smallest absolute Gasteiger partial charge is 0.311 e. The van der Waals surface area contributed by atoms with Crippen LogP contribution in [0, 0.1) is 12.7 Å². The van der Waals surface area contributed by atoms with Crippen LogP contribution >= 0.6 is 11.6 Å². The largest absolute Gasteiger partial charge is 0.416 e. The first-order chi connectivity index (χ1) is 21.1. The molecule has 0 N–H and O–H groups in total. The summed E-state index contributed by atoms with van der Waals surface area (Å²) in [6, 6.07) is 5.03. The lowest BCUT2D eigenvalue weighted by molar-refractivity contribution is -0.137. The second-order valence-corrected chi connectivity index (χ2v) is 11.9. The summed E-state index contributed by atoms with van der Waals surface area (Å²) in [6.07, 6.45) is 10.8. The van der Waals surface area contributed by atoms with Crippen LogP contribution in [0.1, 0.15) is 95.2 Å². The van der Waals surface area contributed by atoms with E-state index in [9.17, 15) is 22.4 Å². The second kappa shape index (κ2) is 15.7. The van der Waals surface area contributed by atoms with Gasteiger partial charge in [-0.15, -0.1) is 10.2 Å². The average molecular weight is 637 g/mol. The number of fused-ring (bicyclic) bond motifs is 1. The molecule has 0 fully saturated rings. The Labute approximate surface area is 261 Å². The predicted octanol–water partition coefficient (Wildman–Crippen LogP) is 9.05. The molecule has 0 radical (unpaired) electrons. The van der Waals surface area contributed by atoms with Gasteiger partial charge in [0, 0.05) is 17.9 Å². The molecule has 1 aromatic carbocycles. The topological polar surface area (TPSA) is 67.2 Å². The number of pyridine rings is 1. The first kappa shape index (κ1) is 33.7. The summed E-state index contributed by atoms with van der Waals surface area (Å²) in [7, 11) is 0. The average Bonchev–Trinajstić information content (AvgIpc) is 3.58. The minimum atomic E-state index is -4.60. The Morgan fingerprint density at radius 3 is 2.23 bits per heavy atom. The number of unbranched alkanes of at least 4 members (excludes halogenated alkanes) is 11. The quantitative estimate of drug-likeness (QED) is 0.116. The molecule has 1 aliphatic rings. The molecule has 3 aromatic rings. The van der Waals surface area contributed by atoms with E-state index < -0.39 is 23.6 Å². The molecular weight excluding hydrogens is 596 g/mol. The number of carbonyl (C=O) groups excluding carboxylic acids is 1. The normalized spacial score (nSPS) is 14.7. The fourth-order valence-corrected chi connectivity index (χ4v) is 5.85. The number of rotatable bonds is 16. The molecule has 0 spiro atoms. The van der Waals surface area contributed by atoms with Crippen LogP contribution in [-0.2, 0) is 17.5 Å². The van der Waals surface area contributed by atoms with E-state index in [1.807, 2.05) is 0 Å². The molecule has 0 aliphatic carbocycles. The number of benzene rings is 1. The van der Waals surface area contributed by atoms with Crippen molar-refractivity contribution in [3.8, 4) is 0 Å². The van der Waals surface area contributed by atoms with E-state index >= 15 is 0 Å². The van der Waals surface area contributed by atoms with Gasteiger partial charge in [-0.25, -0.2) is 9.37 Å². The molecule has 44 heavy (non-hydrogen) atoms. The van der Waals surface area contributed by atoms with Crippen molar-refractivity contribution in [3.05, 3.63) is 58.8 Å². The number of aryl methyl sites for hydroxylation is 1. The van der Waals surface area contributed by atoms with Gasteiger partial charge in [-0.2, -0.15) is 13.2 Å². The Hall–Kier alpha value is -3.21. The lowest BCUT2D eigenvalue weighted by atomic mass is 10.0. The highest BCUT2D eigenvalue weighted by Crippen LogP contribution is 2.37. The summed E-state index contributed by atoms with van der Waals surface area (Å²) < 4.78 is 56.7. The van der Waals surface area contributed by atoms with E-state index in [-0.39, 0.29) is 34.9 Å². The first-order valence-corrected chi connectivity index (χ1v) is 16.0. The predicted molar refractivity (Wildman–Crippen MR) is 165 cm³/mol. The Morgan fingerprint density at radius 2 is 1.61 bits per heavy atom. The molecular formula is C32H41ClF4N6O.